The fraction of sp³-hybridized carbons (Fsp3) is 1.00. The second-order valence-electron chi connectivity index (χ2n) is 4.27. The fourth-order valence-electron chi connectivity index (χ4n) is 2.33. The third-order valence-corrected chi connectivity index (χ3v) is 3.43. The van der Waals surface area contributed by atoms with Gasteiger partial charge in [-0.1, -0.05) is 0 Å². The molecular weight excluding hydrogens is 186 g/mol. The number of hydrogen-bond donors (Lipinski definition) is 0. The van der Waals surface area contributed by atoms with Gasteiger partial charge in [-0.3, -0.25) is 4.90 Å². The van der Waals surface area contributed by atoms with Gasteiger partial charge in [0.2, 0.25) is 0 Å². The van der Waals surface area contributed by atoms with Gasteiger partial charge in [0, 0.05) is 31.1 Å². The van der Waals surface area contributed by atoms with Gasteiger partial charge in [-0.15, -0.1) is 11.6 Å². The maximum Gasteiger partial charge on any atom is 0.0702 e. The lowest BCUT2D eigenvalue weighted by Crippen LogP contribution is -2.34. The zero-order valence-corrected chi connectivity index (χ0v) is 8.96. The summed E-state index contributed by atoms with van der Waals surface area (Å²) in [6.07, 6.45) is 4.08. The molecule has 0 N–H and O–H groups in total. The van der Waals surface area contributed by atoms with E-state index in [1.165, 1.54) is 12.8 Å². The number of alkyl halides is 1. The van der Waals surface area contributed by atoms with Crippen molar-refractivity contribution in [1.29, 1.82) is 0 Å². The van der Waals surface area contributed by atoms with Crippen LogP contribution in [-0.2, 0) is 4.74 Å². The minimum atomic E-state index is 0.358. The number of hydrogen-bond acceptors (Lipinski definition) is 2. The van der Waals surface area contributed by atoms with E-state index in [1.807, 2.05) is 0 Å². The van der Waals surface area contributed by atoms with Crippen LogP contribution in [0.1, 0.15) is 26.2 Å². The van der Waals surface area contributed by atoms with E-state index in [0.717, 1.165) is 26.1 Å². The highest BCUT2D eigenvalue weighted by atomic mass is 35.5. The second kappa shape index (κ2) is 4.16. The molecular formula is C10H18ClNO. The minimum absolute atomic E-state index is 0.358. The van der Waals surface area contributed by atoms with E-state index in [0.29, 0.717) is 17.5 Å². The molecule has 2 aliphatic rings. The highest BCUT2D eigenvalue weighted by Gasteiger charge is 2.30. The first-order valence-electron chi connectivity index (χ1n) is 5.25. The smallest absolute Gasteiger partial charge is 0.0702 e. The molecule has 2 aliphatic heterocycles. The molecule has 0 radical (unpaired) electrons. The average Bonchev–Trinajstić information content (AvgIpc) is 2.63. The Morgan fingerprint density at radius 3 is 2.92 bits per heavy atom. The third-order valence-electron chi connectivity index (χ3n) is 3.11. The SMILES string of the molecule is CC1CC(Cl)CN1CC1CCCO1. The van der Waals surface area contributed by atoms with Gasteiger partial charge in [0.05, 0.1) is 6.10 Å². The molecule has 0 amide bonds. The van der Waals surface area contributed by atoms with Crippen molar-refractivity contribution in [3.8, 4) is 0 Å². The van der Waals surface area contributed by atoms with Crippen LogP contribution < -0.4 is 0 Å². The van der Waals surface area contributed by atoms with Crippen LogP contribution in [-0.4, -0.2) is 42.1 Å². The lowest BCUT2D eigenvalue weighted by Gasteiger charge is -2.23. The molecule has 3 heteroatoms. The van der Waals surface area contributed by atoms with Crippen molar-refractivity contribution in [1.82, 2.24) is 4.90 Å². The van der Waals surface area contributed by atoms with Crippen LogP contribution in [0.5, 0.6) is 0 Å². The van der Waals surface area contributed by atoms with E-state index in [2.05, 4.69) is 11.8 Å². The van der Waals surface area contributed by atoms with Crippen LogP contribution in [0.15, 0.2) is 0 Å². The van der Waals surface area contributed by atoms with Crippen LogP contribution >= 0.6 is 11.6 Å². The Bertz CT molecular complexity index is 170. The van der Waals surface area contributed by atoms with Crippen LogP contribution in [0.25, 0.3) is 0 Å². The van der Waals surface area contributed by atoms with Crippen molar-refractivity contribution in [3.63, 3.8) is 0 Å². The van der Waals surface area contributed by atoms with Crippen molar-refractivity contribution >= 4 is 11.6 Å². The summed E-state index contributed by atoms with van der Waals surface area (Å²) in [5.74, 6) is 0. The van der Waals surface area contributed by atoms with Crippen LogP contribution in [0, 0.1) is 0 Å². The summed E-state index contributed by atoms with van der Waals surface area (Å²) in [5.41, 5.74) is 0. The van der Waals surface area contributed by atoms with E-state index >= 15 is 0 Å². The first-order valence-corrected chi connectivity index (χ1v) is 5.69. The van der Waals surface area contributed by atoms with Gasteiger partial charge in [-0.25, -0.2) is 0 Å². The molecule has 2 rings (SSSR count). The van der Waals surface area contributed by atoms with E-state index < -0.39 is 0 Å². The van der Waals surface area contributed by atoms with Crippen LogP contribution in [0.4, 0.5) is 0 Å². The zero-order chi connectivity index (χ0) is 9.26. The number of halogens is 1. The maximum absolute atomic E-state index is 6.10. The van der Waals surface area contributed by atoms with E-state index in [-0.39, 0.29) is 0 Å². The number of ether oxygens (including phenoxy) is 1. The highest BCUT2D eigenvalue weighted by Crippen LogP contribution is 2.24. The van der Waals surface area contributed by atoms with Crippen molar-refractivity contribution < 1.29 is 4.74 Å². The molecule has 0 aromatic carbocycles. The molecule has 0 aromatic rings. The monoisotopic (exact) mass is 203 g/mol. The largest absolute Gasteiger partial charge is 0.377 e. The molecule has 0 spiro atoms. The number of likely N-dealkylation sites (tertiary alicyclic amines) is 1. The van der Waals surface area contributed by atoms with Crippen molar-refractivity contribution in [2.24, 2.45) is 0 Å². The Morgan fingerprint density at radius 1 is 1.54 bits per heavy atom. The van der Waals surface area contributed by atoms with E-state index in [4.69, 9.17) is 16.3 Å². The molecule has 3 atom stereocenters. The van der Waals surface area contributed by atoms with Gasteiger partial charge in [0.15, 0.2) is 0 Å². The zero-order valence-electron chi connectivity index (χ0n) is 8.21. The molecule has 0 bridgehead atoms. The number of nitrogens with zero attached hydrogens (tertiary/aromatic N) is 1. The molecule has 3 unspecified atom stereocenters. The van der Waals surface area contributed by atoms with Gasteiger partial charge in [-0.2, -0.15) is 0 Å². The Balaban J connectivity index is 1.80. The summed E-state index contributed by atoms with van der Waals surface area (Å²) in [4.78, 5) is 2.47. The first-order chi connectivity index (χ1) is 6.25. The predicted molar refractivity (Wildman–Crippen MR) is 54.3 cm³/mol. The molecule has 76 valence electrons. The molecule has 2 nitrogen and oxygen atoms in total. The van der Waals surface area contributed by atoms with Gasteiger partial charge < -0.3 is 4.74 Å². The van der Waals surface area contributed by atoms with Crippen LogP contribution in [0.3, 0.4) is 0 Å². The first kappa shape index (κ1) is 9.75. The standard InChI is InChI=1S/C10H18ClNO/c1-8-5-9(11)6-12(8)7-10-3-2-4-13-10/h8-10H,2-7H2,1H3. The fourth-order valence-corrected chi connectivity index (χ4v) is 2.77. The normalized spacial score (nSPS) is 41.5. The highest BCUT2D eigenvalue weighted by molar-refractivity contribution is 6.21. The summed E-state index contributed by atoms with van der Waals surface area (Å²) >= 11 is 6.10. The Kier molecular flexibility index (Phi) is 3.12. The van der Waals surface area contributed by atoms with Crippen LogP contribution in [0.2, 0.25) is 0 Å². The molecule has 13 heavy (non-hydrogen) atoms. The lowest BCUT2D eigenvalue weighted by atomic mass is 10.2. The topological polar surface area (TPSA) is 12.5 Å². The van der Waals surface area contributed by atoms with Crippen molar-refractivity contribution in [2.75, 3.05) is 19.7 Å². The minimum Gasteiger partial charge on any atom is -0.377 e. The third kappa shape index (κ3) is 2.36. The van der Waals surface area contributed by atoms with Crippen molar-refractivity contribution in [2.45, 2.75) is 43.7 Å². The quantitative estimate of drug-likeness (QED) is 0.636. The van der Waals surface area contributed by atoms with E-state index in [1.54, 1.807) is 0 Å². The van der Waals surface area contributed by atoms with E-state index in [9.17, 15) is 0 Å². The molecule has 2 saturated heterocycles. The summed E-state index contributed by atoms with van der Waals surface area (Å²) in [7, 11) is 0. The molecule has 2 heterocycles. The predicted octanol–water partition coefficient (Wildman–Crippen LogP) is 1.87. The van der Waals surface area contributed by atoms with Crippen molar-refractivity contribution in [3.05, 3.63) is 0 Å². The maximum atomic E-state index is 6.10. The van der Waals surface area contributed by atoms with Gasteiger partial charge >= 0.3 is 0 Å². The summed E-state index contributed by atoms with van der Waals surface area (Å²) in [5, 5.41) is 0.358. The summed E-state index contributed by atoms with van der Waals surface area (Å²) in [6, 6.07) is 0.645. The Morgan fingerprint density at radius 2 is 2.38 bits per heavy atom. The second-order valence-corrected chi connectivity index (χ2v) is 4.89. The van der Waals surface area contributed by atoms with Gasteiger partial charge in [0.1, 0.15) is 0 Å². The molecule has 0 saturated carbocycles. The average molecular weight is 204 g/mol. The number of rotatable bonds is 2. The summed E-state index contributed by atoms with van der Waals surface area (Å²) < 4.78 is 5.61. The molecule has 0 aromatic heterocycles. The Labute approximate surface area is 85.2 Å². The lowest BCUT2D eigenvalue weighted by molar-refractivity contribution is 0.0713. The van der Waals surface area contributed by atoms with Gasteiger partial charge in [0.25, 0.3) is 0 Å². The Hall–Kier alpha value is 0.210. The molecule has 2 fully saturated rings. The van der Waals surface area contributed by atoms with Gasteiger partial charge in [-0.05, 0) is 26.2 Å². The molecule has 0 aliphatic carbocycles. The summed E-state index contributed by atoms with van der Waals surface area (Å²) in [6.45, 7) is 5.35.